The first-order valence-corrected chi connectivity index (χ1v) is 9.00. The van der Waals surface area contributed by atoms with E-state index in [2.05, 4.69) is 33.8 Å². The van der Waals surface area contributed by atoms with Gasteiger partial charge in [-0.05, 0) is 54.3 Å². The molecule has 1 atom stereocenters. The summed E-state index contributed by atoms with van der Waals surface area (Å²) in [7, 11) is 0. The van der Waals surface area contributed by atoms with Crippen LogP contribution >= 0.6 is 11.8 Å². The lowest BCUT2D eigenvalue weighted by molar-refractivity contribution is -0.119. The molecule has 1 aromatic heterocycles. The summed E-state index contributed by atoms with van der Waals surface area (Å²) >= 11 is 1.33. The molecule has 1 aliphatic rings. The van der Waals surface area contributed by atoms with Gasteiger partial charge >= 0.3 is 0 Å². The van der Waals surface area contributed by atoms with Gasteiger partial charge in [0.25, 0.3) is 0 Å². The molecule has 24 heavy (non-hydrogen) atoms. The number of tetrazole rings is 1. The minimum atomic E-state index is -0.0361. The van der Waals surface area contributed by atoms with Crippen molar-refractivity contribution in [2.45, 2.75) is 37.9 Å². The second kappa shape index (κ2) is 7.76. The number of amides is 1. The van der Waals surface area contributed by atoms with E-state index in [0.29, 0.717) is 11.7 Å². The lowest BCUT2D eigenvalue weighted by atomic mass is 10.1. The van der Waals surface area contributed by atoms with Crippen LogP contribution in [0.3, 0.4) is 0 Å². The molecule has 1 saturated heterocycles. The van der Waals surface area contributed by atoms with Crippen molar-refractivity contribution in [2.75, 3.05) is 18.9 Å². The van der Waals surface area contributed by atoms with Gasteiger partial charge in [-0.2, -0.15) is 4.68 Å². The summed E-state index contributed by atoms with van der Waals surface area (Å²) in [6.07, 6.45) is 2.23. The second-order valence-corrected chi connectivity index (χ2v) is 6.76. The fourth-order valence-corrected chi connectivity index (χ4v) is 3.31. The fourth-order valence-electron chi connectivity index (χ4n) is 2.60. The highest BCUT2D eigenvalue weighted by atomic mass is 32.2. The highest BCUT2D eigenvalue weighted by Gasteiger charge is 2.17. The van der Waals surface area contributed by atoms with Gasteiger partial charge in [0.1, 0.15) is 0 Å². The first-order chi connectivity index (χ1) is 11.6. The lowest BCUT2D eigenvalue weighted by Gasteiger charge is -2.11. The van der Waals surface area contributed by atoms with E-state index in [-0.39, 0.29) is 17.8 Å². The number of carbonyl (C=O) groups is 1. The van der Waals surface area contributed by atoms with Crippen molar-refractivity contribution >= 4 is 17.7 Å². The Kier molecular flexibility index (Phi) is 5.47. The Morgan fingerprint density at radius 3 is 3.12 bits per heavy atom. The molecule has 1 amide bonds. The van der Waals surface area contributed by atoms with Gasteiger partial charge in [0.05, 0.1) is 17.5 Å². The van der Waals surface area contributed by atoms with E-state index < -0.39 is 0 Å². The molecule has 128 valence electrons. The molecule has 3 rings (SSSR count). The van der Waals surface area contributed by atoms with E-state index in [9.17, 15) is 4.79 Å². The van der Waals surface area contributed by atoms with Crippen molar-refractivity contribution in [1.29, 1.82) is 0 Å². The molecule has 0 radical (unpaired) electrons. The number of aromatic nitrogens is 4. The van der Waals surface area contributed by atoms with Crippen LogP contribution in [0.2, 0.25) is 0 Å². The zero-order valence-corrected chi connectivity index (χ0v) is 14.7. The molecule has 1 aromatic carbocycles. The van der Waals surface area contributed by atoms with Crippen LogP contribution in [0.4, 0.5) is 0 Å². The number of ether oxygens (including phenoxy) is 1. The largest absolute Gasteiger partial charge is 0.376 e. The van der Waals surface area contributed by atoms with Crippen molar-refractivity contribution in [3.05, 3.63) is 29.3 Å². The van der Waals surface area contributed by atoms with Gasteiger partial charge in [0.15, 0.2) is 0 Å². The van der Waals surface area contributed by atoms with Crippen LogP contribution in [0.1, 0.15) is 24.0 Å². The molecule has 7 nitrogen and oxygen atoms in total. The Morgan fingerprint density at radius 2 is 2.33 bits per heavy atom. The topological polar surface area (TPSA) is 81.9 Å². The van der Waals surface area contributed by atoms with Gasteiger partial charge < -0.3 is 10.1 Å². The molecule has 0 saturated carbocycles. The smallest absolute Gasteiger partial charge is 0.230 e. The lowest BCUT2D eigenvalue weighted by Crippen LogP contribution is -2.32. The second-order valence-electron chi connectivity index (χ2n) is 5.82. The van der Waals surface area contributed by atoms with Crippen molar-refractivity contribution in [1.82, 2.24) is 25.5 Å². The minimum absolute atomic E-state index is 0.0361. The van der Waals surface area contributed by atoms with Crippen LogP contribution in [0, 0.1) is 13.8 Å². The minimum Gasteiger partial charge on any atom is -0.376 e. The SMILES string of the molecule is Cc1cccc(-n2nnnc2SCC(=O)NCC2CCCO2)c1C. The fraction of sp³-hybridized carbons (Fsp3) is 0.500. The molecule has 1 unspecified atom stereocenters. The van der Waals surface area contributed by atoms with Crippen LogP contribution in [-0.4, -0.2) is 51.1 Å². The number of thioether (sulfide) groups is 1. The number of hydrogen-bond acceptors (Lipinski definition) is 6. The van der Waals surface area contributed by atoms with E-state index in [1.807, 2.05) is 19.1 Å². The van der Waals surface area contributed by atoms with E-state index >= 15 is 0 Å². The Labute approximate surface area is 145 Å². The van der Waals surface area contributed by atoms with E-state index in [1.54, 1.807) is 4.68 Å². The van der Waals surface area contributed by atoms with Crippen LogP contribution in [0.15, 0.2) is 23.4 Å². The molecular weight excluding hydrogens is 326 g/mol. The summed E-state index contributed by atoms with van der Waals surface area (Å²) in [4.78, 5) is 12.0. The summed E-state index contributed by atoms with van der Waals surface area (Å²) in [5, 5.41) is 15.3. The highest BCUT2D eigenvalue weighted by Crippen LogP contribution is 2.22. The zero-order chi connectivity index (χ0) is 16.9. The summed E-state index contributed by atoms with van der Waals surface area (Å²) < 4.78 is 7.18. The Hall–Kier alpha value is -1.93. The Balaban J connectivity index is 1.59. The maximum absolute atomic E-state index is 12.0. The summed E-state index contributed by atoms with van der Waals surface area (Å²) in [6, 6.07) is 6.00. The predicted octanol–water partition coefficient (Wildman–Crippen LogP) is 1.67. The molecule has 0 aliphatic carbocycles. The standard InChI is InChI=1S/C16H21N5O2S/c1-11-5-3-7-14(12(11)2)21-16(18-19-20-21)24-10-15(22)17-9-13-6-4-8-23-13/h3,5,7,13H,4,6,8-10H2,1-2H3,(H,17,22). The van der Waals surface area contributed by atoms with Crippen LogP contribution < -0.4 is 5.32 Å². The van der Waals surface area contributed by atoms with Gasteiger partial charge in [-0.3, -0.25) is 4.79 Å². The molecule has 0 bridgehead atoms. The van der Waals surface area contributed by atoms with Crippen molar-refractivity contribution in [3.8, 4) is 5.69 Å². The number of aryl methyl sites for hydroxylation is 1. The molecule has 2 heterocycles. The van der Waals surface area contributed by atoms with Crippen LogP contribution in [0.5, 0.6) is 0 Å². The molecule has 1 fully saturated rings. The van der Waals surface area contributed by atoms with E-state index in [0.717, 1.165) is 30.7 Å². The maximum Gasteiger partial charge on any atom is 0.230 e. The molecule has 0 spiro atoms. The van der Waals surface area contributed by atoms with Gasteiger partial charge in [-0.15, -0.1) is 5.10 Å². The Morgan fingerprint density at radius 1 is 1.46 bits per heavy atom. The number of hydrogen-bond donors (Lipinski definition) is 1. The third-order valence-corrected chi connectivity index (χ3v) is 5.05. The number of carbonyl (C=O) groups excluding carboxylic acids is 1. The summed E-state index contributed by atoms with van der Waals surface area (Å²) in [5.41, 5.74) is 3.23. The molecule has 1 N–H and O–H groups in total. The maximum atomic E-state index is 12.0. The van der Waals surface area contributed by atoms with Gasteiger partial charge in [0.2, 0.25) is 11.1 Å². The van der Waals surface area contributed by atoms with E-state index in [4.69, 9.17) is 4.74 Å². The molecule has 8 heteroatoms. The molecule has 1 aliphatic heterocycles. The third kappa shape index (κ3) is 3.93. The molecule has 2 aromatic rings. The molecular formula is C16H21N5O2S. The van der Waals surface area contributed by atoms with Crippen LogP contribution in [-0.2, 0) is 9.53 Å². The van der Waals surface area contributed by atoms with Crippen molar-refractivity contribution in [3.63, 3.8) is 0 Å². The monoisotopic (exact) mass is 347 g/mol. The van der Waals surface area contributed by atoms with Gasteiger partial charge in [-0.25, -0.2) is 0 Å². The summed E-state index contributed by atoms with van der Waals surface area (Å²) in [6.45, 7) is 5.45. The first kappa shape index (κ1) is 16.9. The first-order valence-electron chi connectivity index (χ1n) is 8.01. The number of rotatable bonds is 6. The zero-order valence-electron chi connectivity index (χ0n) is 13.9. The van der Waals surface area contributed by atoms with Crippen molar-refractivity contribution in [2.24, 2.45) is 0 Å². The number of nitrogens with zero attached hydrogens (tertiary/aromatic N) is 4. The average Bonchev–Trinajstić information content (AvgIpc) is 3.25. The Bertz CT molecular complexity index is 712. The summed E-state index contributed by atoms with van der Waals surface area (Å²) in [5.74, 6) is 0.240. The van der Waals surface area contributed by atoms with E-state index in [1.165, 1.54) is 17.3 Å². The number of nitrogens with one attached hydrogen (secondary N) is 1. The van der Waals surface area contributed by atoms with Crippen molar-refractivity contribution < 1.29 is 9.53 Å². The normalized spacial score (nSPS) is 17.2. The third-order valence-electron chi connectivity index (χ3n) is 4.13. The van der Waals surface area contributed by atoms with Gasteiger partial charge in [0, 0.05) is 13.2 Å². The quantitative estimate of drug-likeness (QED) is 0.801. The average molecular weight is 347 g/mol. The van der Waals surface area contributed by atoms with Gasteiger partial charge in [-0.1, -0.05) is 23.9 Å². The highest BCUT2D eigenvalue weighted by molar-refractivity contribution is 7.99. The predicted molar refractivity (Wildman–Crippen MR) is 91.3 cm³/mol. The van der Waals surface area contributed by atoms with Crippen LogP contribution in [0.25, 0.3) is 5.69 Å². The number of benzene rings is 1.